The minimum Gasteiger partial charge on any atom is -0.381 e. The summed E-state index contributed by atoms with van der Waals surface area (Å²) in [5.74, 6) is -0.446. The topological polar surface area (TPSA) is 39.1 Å². The van der Waals surface area contributed by atoms with E-state index in [4.69, 9.17) is 5.26 Å². The molecule has 19 heavy (non-hydrogen) atoms. The lowest BCUT2D eigenvalue weighted by molar-refractivity contribution is 0.193. The van der Waals surface area contributed by atoms with Crippen molar-refractivity contribution < 1.29 is 4.39 Å². The van der Waals surface area contributed by atoms with Crippen molar-refractivity contribution in [2.24, 2.45) is 0 Å². The summed E-state index contributed by atoms with van der Waals surface area (Å²) in [5, 5.41) is 12.3. The number of nitrogens with one attached hydrogen (secondary N) is 1. The molecule has 2 atom stereocenters. The van der Waals surface area contributed by atoms with Crippen molar-refractivity contribution in [2.75, 3.05) is 18.4 Å². The van der Waals surface area contributed by atoms with Crippen LogP contribution in [0, 0.1) is 17.1 Å². The number of nitriles is 1. The number of piperidine rings is 1. The van der Waals surface area contributed by atoms with E-state index in [0.717, 1.165) is 18.7 Å². The zero-order chi connectivity index (χ0) is 13.2. The van der Waals surface area contributed by atoms with Crippen LogP contribution < -0.4 is 5.32 Å². The van der Waals surface area contributed by atoms with Crippen LogP contribution in [-0.2, 0) is 0 Å². The smallest absolute Gasteiger partial charge is 0.141 e. The number of benzene rings is 1. The molecule has 0 amide bonds. The van der Waals surface area contributed by atoms with E-state index in [2.05, 4.69) is 10.2 Å². The standard InChI is InChI=1S/C15H18FN3/c16-13-5-4-12(9-11(13)10-17)18-14-6-8-19-7-2-1-3-15(14)19/h4-5,9,14-15,18H,1-3,6-8H2. The minimum absolute atomic E-state index is 0.114. The van der Waals surface area contributed by atoms with Crippen LogP contribution in [0.5, 0.6) is 0 Å². The molecule has 0 aromatic heterocycles. The molecule has 100 valence electrons. The second-order valence-corrected chi connectivity index (χ2v) is 5.45. The number of nitrogens with zero attached hydrogens (tertiary/aromatic N) is 2. The Morgan fingerprint density at radius 2 is 2.16 bits per heavy atom. The maximum Gasteiger partial charge on any atom is 0.141 e. The molecule has 2 heterocycles. The average molecular weight is 259 g/mol. The lowest BCUT2D eigenvalue weighted by Crippen LogP contribution is -2.41. The number of fused-ring (bicyclic) bond motifs is 1. The van der Waals surface area contributed by atoms with Crippen LogP contribution in [0.15, 0.2) is 18.2 Å². The van der Waals surface area contributed by atoms with Crippen molar-refractivity contribution in [1.82, 2.24) is 4.90 Å². The predicted molar refractivity (Wildman–Crippen MR) is 72.4 cm³/mol. The molecule has 0 bridgehead atoms. The van der Waals surface area contributed by atoms with Gasteiger partial charge in [0.15, 0.2) is 0 Å². The highest BCUT2D eigenvalue weighted by Crippen LogP contribution is 2.29. The molecule has 0 spiro atoms. The first kappa shape index (κ1) is 12.4. The largest absolute Gasteiger partial charge is 0.381 e. The van der Waals surface area contributed by atoms with Gasteiger partial charge in [0.05, 0.1) is 5.56 Å². The first-order valence-electron chi connectivity index (χ1n) is 6.98. The van der Waals surface area contributed by atoms with Gasteiger partial charge >= 0.3 is 0 Å². The first-order valence-corrected chi connectivity index (χ1v) is 6.98. The Balaban J connectivity index is 1.73. The van der Waals surface area contributed by atoms with Crippen molar-refractivity contribution in [3.8, 4) is 6.07 Å². The van der Waals surface area contributed by atoms with Crippen LogP contribution in [0.1, 0.15) is 31.2 Å². The van der Waals surface area contributed by atoms with Crippen LogP contribution in [0.2, 0.25) is 0 Å². The third kappa shape index (κ3) is 2.43. The zero-order valence-corrected chi connectivity index (χ0v) is 10.9. The maximum atomic E-state index is 13.3. The second kappa shape index (κ2) is 5.18. The monoisotopic (exact) mass is 259 g/mol. The fourth-order valence-electron chi connectivity index (χ4n) is 3.33. The molecule has 2 unspecified atom stereocenters. The normalized spacial score (nSPS) is 26.7. The van der Waals surface area contributed by atoms with Crippen molar-refractivity contribution in [2.45, 2.75) is 37.8 Å². The zero-order valence-electron chi connectivity index (χ0n) is 10.9. The van der Waals surface area contributed by atoms with Gasteiger partial charge in [-0.2, -0.15) is 5.26 Å². The number of hydrogen-bond acceptors (Lipinski definition) is 3. The number of anilines is 1. The molecule has 1 aromatic rings. The van der Waals surface area contributed by atoms with Gasteiger partial charge in [0, 0.05) is 24.3 Å². The van der Waals surface area contributed by atoms with E-state index in [1.165, 1.54) is 31.9 Å². The SMILES string of the molecule is N#Cc1cc(NC2CCN3CCCCC23)ccc1F. The van der Waals surface area contributed by atoms with Gasteiger partial charge in [-0.05, 0) is 44.0 Å². The van der Waals surface area contributed by atoms with Gasteiger partial charge in [-0.3, -0.25) is 4.90 Å². The summed E-state index contributed by atoms with van der Waals surface area (Å²) < 4.78 is 13.3. The van der Waals surface area contributed by atoms with E-state index in [-0.39, 0.29) is 5.56 Å². The number of rotatable bonds is 2. The van der Waals surface area contributed by atoms with Gasteiger partial charge in [0.25, 0.3) is 0 Å². The van der Waals surface area contributed by atoms with E-state index in [1.54, 1.807) is 12.1 Å². The van der Waals surface area contributed by atoms with Crippen LogP contribution in [0.3, 0.4) is 0 Å². The summed E-state index contributed by atoms with van der Waals surface area (Å²) in [5.41, 5.74) is 0.971. The molecule has 3 nitrogen and oxygen atoms in total. The van der Waals surface area contributed by atoms with E-state index >= 15 is 0 Å². The fraction of sp³-hybridized carbons (Fsp3) is 0.533. The van der Waals surface area contributed by atoms with Gasteiger partial charge in [-0.15, -0.1) is 0 Å². The molecule has 0 saturated carbocycles. The van der Waals surface area contributed by atoms with E-state index < -0.39 is 5.82 Å². The Morgan fingerprint density at radius 3 is 3.00 bits per heavy atom. The van der Waals surface area contributed by atoms with Crippen molar-refractivity contribution in [3.05, 3.63) is 29.6 Å². The highest BCUT2D eigenvalue weighted by atomic mass is 19.1. The molecule has 1 N–H and O–H groups in total. The molecule has 2 aliphatic rings. The summed E-state index contributed by atoms with van der Waals surface area (Å²) in [6.45, 7) is 2.35. The Hall–Kier alpha value is -1.60. The molecule has 0 aliphatic carbocycles. The van der Waals surface area contributed by atoms with E-state index in [1.807, 2.05) is 6.07 Å². The van der Waals surface area contributed by atoms with Crippen LogP contribution >= 0.6 is 0 Å². The fourth-order valence-corrected chi connectivity index (χ4v) is 3.33. The third-order valence-corrected chi connectivity index (χ3v) is 4.29. The quantitative estimate of drug-likeness (QED) is 0.887. The lowest BCUT2D eigenvalue weighted by atomic mass is 9.99. The molecule has 2 fully saturated rings. The summed E-state index contributed by atoms with van der Waals surface area (Å²) in [6, 6.07) is 7.63. The highest BCUT2D eigenvalue weighted by Gasteiger charge is 2.35. The molecular weight excluding hydrogens is 241 g/mol. The summed E-state index contributed by atoms with van der Waals surface area (Å²) in [7, 11) is 0. The van der Waals surface area contributed by atoms with Gasteiger partial charge in [0.2, 0.25) is 0 Å². The number of halogens is 1. The van der Waals surface area contributed by atoms with Gasteiger partial charge in [-0.25, -0.2) is 4.39 Å². The van der Waals surface area contributed by atoms with Crippen LogP contribution in [0.25, 0.3) is 0 Å². The molecule has 1 aromatic carbocycles. The van der Waals surface area contributed by atoms with E-state index in [9.17, 15) is 4.39 Å². The Bertz CT molecular complexity index is 509. The molecule has 2 aliphatic heterocycles. The molecular formula is C15H18FN3. The Kier molecular flexibility index (Phi) is 3.39. The second-order valence-electron chi connectivity index (χ2n) is 5.45. The molecule has 0 radical (unpaired) electrons. The summed E-state index contributed by atoms with van der Waals surface area (Å²) >= 11 is 0. The lowest BCUT2D eigenvalue weighted by Gasteiger charge is -2.33. The van der Waals surface area contributed by atoms with Gasteiger partial charge < -0.3 is 5.32 Å². The molecule has 2 saturated heterocycles. The van der Waals surface area contributed by atoms with Crippen LogP contribution in [-0.4, -0.2) is 30.1 Å². The van der Waals surface area contributed by atoms with Gasteiger partial charge in [0.1, 0.15) is 11.9 Å². The summed E-state index contributed by atoms with van der Waals surface area (Å²) in [4.78, 5) is 2.55. The maximum absolute atomic E-state index is 13.3. The van der Waals surface area contributed by atoms with E-state index in [0.29, 0.717) is 12.1 Å². The molecule has 4 heteroatoms. The van der Waals surface area contributed by atoms with Crippen molar-refractivity contribution in [1.29, 1.82) is 5.26 Å². The van der Waals surface area contributed by atoms with Crippen LogP contribution in [0.4, 0.5) is 10.1 Å². The summed E-state index contributed by atoms with van der Waals surface area (Å²) in [6.07, 6.45) is 4.97. The first-order chi connectivity index (χ1) is 9.28. The minimum atomic E-state index is -0.446. The van der Waals surface area contributed by atoms with Gasteiger partial charge in [-0.1, -0.05) is 6.42 Å². The van der Waals surface area contributed by atoms with Crippen molar-refractivity contribution in [3.63, 3.8) is 0 Å². The highest BCUT2D eigenvalue weighted by molar-refractivity contribution is 5.50. The third-order valence-electron chi connectivity index (χ3n) is 4.29. The Labute approximate surface area is 113 Å². The predicted octanol–water partition coefficient (Wildman–Crippen LogP) is 2.74. The van der Waals surface area contributed by atoms with Crippen molar-refractivity contribution >= 4 is 5.69 Å². The Morgan fingerprint density at radius 1 is 1.26 bits per heavy atom. The molecule has 3 rings (SSSR count). The average Bonchev–Trinajstić information content (AvgIpc) is 2.84. The number of hydrogen-bond donors (Lipinski definition) is 1.